The van der Waals surface area contributed by atoms with Crippen LogP contribution in [0.5, 0.6) is 5.88 Å². The molecule has 2 saturated heterocycles. The van der Waals surface area contributed by atoms with Crippen molar-refractivity contribution < 1.29 is 9.53 Å². The number of piperidine rings is 2. The van der Waals surface area contributed by atoms with Crippen LogP contribution in [-0.2, 0) is 0 Å². The molecule has 1 aromatic carbocycles. The zero-order chi connectivity index (χ0) is 19.5. The largest absolute Gasteiger partial charge is 0.416 e. The monoisotopic (exact) mass is 419 g/mol. The normalized spacial score (nSPS) is 19.0. The first-order valence-electron chi connectivity index (χ1n) is 10.0. The maximum atomic E-state index is 12.6. The summed E-state index contributed by atoms with van der Waals surface area (Å²) in [6.45, 7) is 5.85. The molecular formula is C21H26ClN3O2S. The molecule has 0 unspecified atom stereocenters. The van der Waals surface area contributed by atoms with E-state index in [2.05, 4.69) is 9.88 Å². The van der Waals surface area contributed by atoms with Gasteiger partial charge in [0.05, 0.1) is 4.88 Å². The van der Waals surface area contributed by atoms with Crippen molar-refractivity contribution in [3.05, 3.63) is 34.2 Å². The molecule has 150 valence electrons. The van der Waals surface area contributed by atoms with Gasteiger partial charge in [0.15, 0.2) is 0 Å². The van der Waals surface area contributed by atoms with E-state index in [0.717, 1.165) is 41.4 Å². The fourth-order valence-electron chi connectivity index (χ4n) is 4.07. The number of ether oxygens (including phenoxy) is 1. The Morgan fingerprint density at radius 3 is 2.64 bits per heavy atom. The van der Waals surface area contributed by atoms with Gasteiger partial charge < -0.3 is 14.5 Å². The number of aromatic nitrogens is 1. The Morgan fingerprint density at radius 1 is 1.18 bits per heavy atom. The molecule has 28 heavy (non-hydrogen) atoms. The summed E-state index contributed by atoms with van der Waals surface area (Å²) in [4.78, 5) is 22.5. The second-order valence-corrected chi connectivity index (χ2v) is 9.21. The fourth-order valence-corrected chi connectivity index (χ4v) is 5.09. The molecule has 0 spiro atoms. The summed E-state index contributed by atoms with van der Waals surface area (Å²) in [6, 6.07) is 8.17. The van der Waals surface area contributed by atoms with Crippen molar-refractivity contribution in [3.63, 3.8) is 0 Å². The predicted octanol–water partition coefficient (Wildman–Crippen LogP) is 5.22. The summed E-state index contributed by atoms with van der Waals surface area (Å²) in [5.74, 6) is 0.406. The van der Waals surface area contributed by atoms with E-state index in [4.69, 9.17) is 16.3 Å². The molecule has 1 amide bonds. The quantitative estimate of drug-likeness (QED) is 0.684. The van der Waals surface area contributed by atoms with Crippen LogP contribution < -0.4 is 4.74 Å². The molecule has 2 aliphatic rings. The second-order valence-electron chi connectivity index (χ2n) is 7.57. The van der Waals surface area contributed by atoms with Crippen LogP contribution in [0.1, 0.15) is 37.0 Å². The fraction of sp³-hybridized carbons (Fsp3) is 0.524. The third kappa shape index (κ3) is 4.50. The molecule has 2 aliphatic heterocycles. The number of rotatable bonds is 3. The van der Waals surface area contributed by atoms with E-state index < -0.39 is 0 Å². The highest BCUT2D eigenvalue weighted by Crippen LogP contribution is 2.33. The van der Waals surface area contributed by atoms with Gasteiger partial charge in [-0.05, 0) is 57.8 Å². The number of aryl methyl sites for hydroxylation is 1. The van der Waals surface area contributed by atoms with Gasteiger partial charge in [-0.3, -0.25) is 0 Å². The highest BCUT2D eigenvalue weighted by Gasteiger charge is 2.29. The van der Waals surface area contributed by atoms with Gasteiger partial charge in [0.25, 0.3) is 0 Å². The second kappa shape index (κ2) is 8.80. The van der Waals surface area contributed by atoms with E-state index in [0.29, 0.717) is 16.9 Å². The Morgan fingerprint density at radius 2 is 1.93 bits per heavy atom. The van der Waals surface area contributed by atoms with Gasteiger partial charge in [0, 0.05) is 29.7 Å². The zero-order valence-corrected chi connectivity index (χ0v) is 17.8. The van der Waals surface area contributed by atoms with E-state index in [-0.39, 0.29) is 6.09 Å². The van der Waals surface area contributed by atoms with Crippen molar-refractivity contribution >= 4 is 29.0 Å². The minimum absolute atomic E-state index is 0.289. The number of hydrogen-bond donors (Lipinski definition) is 0. The van der Waals surface area contributed by atoms with E-state index in [1.165, 1.54) is 43.7 Å². The molecule has 2 aromatic rings. The van der Waals surface area contributed by atoms with Crippen LogP contribution in [0.3, 0.4) is 0 Å². The first kappa shape index (κ1) is 19.7. The topological polar surface area (TPSA) is 45.7 Å². The molecule has 0 radical (unpaired) electrons. The Bertz CT molecular complexity index is 827. The molecule has 3 heterocycles. The standard InChI is InChI=1S/C21H26ClN3O2S/c1-15-19(23-20(28-15)16-6-5-7-17(22)14-16)27-21(26)25-12-8-18(9-13-25)24-10-3-2-4-11-24/h5-7,14,18H,2-4,8-13H2,1H3. The summed E-state index contributed by atoms with van der Waals surface area (Å²) in [5.41, 5.74) is 0.935. The average Bonchev–Trinajstić information content (AvgIpc) is 3.09. The number of thiazole rings is 1. The molecule has 4 rings (SSSR count). The van der Waals surface area contributed by atoms with Gasteiger partial charge in [0.2, 0.25) is 5.88 Å². The molecule has 0 saturated carbocycles. The molecule has 1 aromatic heterocycles. The number of likely N-dealkylation sites (tertiary alicyclic amines) is 2. The van der Waals surface area contributed by atoms with Gasteiger partial charge in [-0.1, -0.05) is 30.2 Å². The first-order chi connectivity index (χ1) is 13.6. The van der Waals surface area contributed by atoms with Crippen molar-refractivity contribution in [2.75, 3.05) is 26.2 Å². The SMILES string of the molecule is Cc1sc(-c2cccc(Cl)c2)nc1OC(=O)N1CCC(N2CCCCC2)CC1. The van der Waals surface area contributed by atoms with Crippen LogP contribution in [0.4, 0.5) is 4.79 Å². The van der Waals surface area contributed by atoms with Crippen molar-refractivity contribution in [2.45, 2.75) is 45.1 Å². The summed E-state index contributed by atoms with van der Waals surface area (Å²) in [6.07, 6.45) is 5.73. The smallest absolute Gasteiger partial charge is 0.390 e. The minimum atomic E-state index is -0.289. The molecule has 5 nitrogen and oxygen atoms in total. The molecule has 2 fully saturated rings. The molecule has 0 atom stereocenters. The third-order valence-corrected chi connectivity index (χ3v) is 6.88. The van der Waals surface area contributed by atoms with Crippen LogP contribution in [-0.4, -0.2) is 53.1 Å². The zero-order valence-electron chi connectivity index (χ0n) is 16.2. The van der Waals surface area contributed by atoms with Crippen LogP contribution in [0.25, 0.3) is 10.6 Å². The van der Waals surface area contributed by atoms with Crippen molar-refractivity contribution in [1.29, 1.82) is 0 Å². The first-order valence-corrected chi connectivity index (χ1v) is 11.2. The maximum absolute atomic E-state index is 12.6. The number of amides is 1. The summed E-state index contributed by atoms with van der Waals surface area (Å²) >= 11 is 7.59. The lowest BCUT2D eigenvalue weighted by Crippen LogP contribution is -2.48. The van der Waals surface area contributed by atoms with Gasteiger partial charge in [-0.15, -0.1) is 11.3 Å². The molecule has 0 bridgehead atoms. The van der Waals surface area contributed by atoms with Gasteiger partial charge in [0.1, 0.15) is 5.01 Å². The summed E-state index contributed by atoms with van der Waals surface area (Å²) in [7, 11) is 0. The lowest BCUT2D eigenvalue weighted by Gasteiger charge is -2.39. The van der Waals surface area contributed by atoms with Crippen LogP contribution in [0, 0.1) is 6.92 Å². The van der Waals surface area contributed by atoms with Crippen LogP contribution in [0.2, 0.25) is 5.02 Å². The van der Waals surface area contributed by atoms with E-state index in [1.807, 2.05) is 36.1 Å². The Hall–Kier alpha value is -1.63. The molecular weight excluding hydrogens is 394 g/mol. The summed E-state index contributed by atoms with van der Waals surface area (Å²) in [5, 5.41) is 1.48. The Kier molecular flexibility index (Phi) is 6.19. The number of hydrogen-bond acceptors (Lipinski definition) is 5. The Balaban J connectivity index is 1.35. The van der Waals surface area contributed by atoms with E-state index in [1.54, 1.807) is 0 Å². The number of halogens is 1. The van der Waals surface area contributed by atoms with Crippen molar-refractivity contribution in [1.82, 2.24) is 14.8 Å². The third-order valence-electron chi connectivity index (χ3n) is 5.64. The predicted molar refractivity (Wildman–Crippen MR) is 113 cm³/mol. The number of carbonyl (C=O) groups is 1. The average molecular weight is 420 g/mol. The number of nitrogens with zero attached hydrogens (tertiary/aromatic N) is 3. The number of carbonyl (C=O) groups excluding carboxylic acids is 1. The Labute approximate surface area is 175 Å². The number of benzene rings is 1. The highest BCUT2D eigenvalue weighted by molar-refractivity contribution is 7.15. The maximum Gasteiger partial charge on any atom is 0.416 e. The van der Waals surface area contributed by atoms with Crippen molar-refractivity contribution in [3.8, 4) is 16.5 Å². The molecule has 0 N–H and O–H groups in total. The van der Waals surface area contributed by atoms with Gasteiger partial charge >= 0.3 is 6.09 Å². The van der Waals surface area contributed by atoms with Crippen LogP contribution in [0.15, 0.2) is 24.3 Å². The molecule has 0 aliphatic carbocycles. The molecule has 7 heteroatoms. The van der Waals surface area contributed by atoms with Crippen LogP contribution >= 0.6 is 22.9 Å². The lowest BCUT2D eigenvalue weighted by molar-refractivity contribution is 0.0873. The minimum Gasteiger partial charge on any atom is -0.390 e. The van der Waals surface area contributed by atoms with Crippen molar-refractivity contribution in [2.24, 2.45) is 0 Å². The lowest BCUT2D eigenvalue weighted by atomic mass is 10.0. The summed E-state index contributed by atoms with van der Waals surface area (Å²) < 4.78 is 5.64. The van der Waals surface area contributed by atoms with E-state index >= 15 is 0 Å². The van der Waals surface area contributed by atoms with E-state index in [9.17, 15) is 4.79 Å². The highest BCUT2D eigenvalue weighted by atomic mass is 35.5. The van der Waals surface area contributed by atoms with Gasteiger partial charge in [-0.25, -0.2) is 9.78 Å². The van der Waals surface area contributed by atoms with Gasteiger partial charge in [-0.2, -0.15) is 0 Å².